The molecule has 0 unspecified atom stereocenters. The van der Waals surface area contributed by atoms with Gasteiger partial charge < -0.3 is 20.1 Å². The summed E-state index contributed by atoms with van der Waals surface area (Å²) in [5, 5.41) is 5.55. The van der Waals surface area contributed by atoms with Crippen molar-refractivity contribution < 1.29 is 28.4 Å². The van der Waals surface area contributed by atoms with Gasteiger partial charge in [-0.05, 0) is 45.6 Å². The zero-order valence-electron chi connectivity index (χ0n) is 20.8. The summed E-state index contributed by atoms with van der Waals surface area (Å²) in [5.74, 6) is -0.989. The monoisotopic (exact) mass is 470 g/mol. The maximum atomic E-state index is 12.7. The lowest BCUT2D eigenvalue weighted by atomic mass is 10.0. The van der Waals surface area contributed by atoms with Gasteiger partial charge in [-0.1, -0.05) is 44.2 Å². The van der Waals surface area contributed by atoms with E-state index in [1.54, 1.807) is 49.9 Å². The average Bonchev–Trinajstić information content (AvgIpc) is 2.75. The number of alkyl carbamates (subject to hydrolysis) is 1. The Labute approximate surface area is 201 Å². The number of rotatable bonds is 9. The van der Waals surface area contributed by atoms with Crippen LogP contribution in [-0.4, -0.2) is 35.7 Å². The van der Waals surface area contributed by atoms with E-state index < -0.39 is 23.7 Å². The number of carbonyl (C=O) groups is 3. The fourth-order valence-electron chi connectivity index (χ4n) is 3.18. The molecule has 34 heavy (non-hydrogen) atoms. The van der Waals surface area contributed by atoms with Crippen molar-refractivity contribution in [3.8, 4) is 0 Å². The standard InChI is InChI=1S/C26H35N3O5/c1-18(2)22(24(31)34-26(4,5)6)28-23(30)21-12-14-29(15-13-21)17-33-25(32)27-19(3)16-20-10-8-7-9-11-20/h7-15,18-19,22H,16-17H2,1-6H3,(H-,27,28,30,32)/p+1/t19-,22-/m0/s1. The molecule has 8 heteroatoms. The van der Waals surface area contributed by atoms with E-state index in [4.69, 9.17) is 9.47 Å². The quantitative estimate of drug-likeness (QED) is 0.433. The van der Waals surface area contributed by atoms with E-state index in [1.165, 1.54) is 0 Å². The van der Waals surface area contributed by atoms with E-state index in [1.807, 2.05) is 51.1 Å². The van der Waals surface area contributed by atoms with Crippen LogP contribution in [-0.2, 0) is 27.4 Å². The van der Waals surface area contributed by atoms with E-state index >= 15 is 0 Å². The highest BCUT2D eigenvalue weighted by Crippen LogP contribution is 2.13. The third-order valence-corrected chi connectivity index (χ3v) is 4.86. The molecule has 0 saturated heterocycles. The Morgan fingerprint density at radius 1 is 0.941 bits per heavy atom. The molecule has 0 fully saturated rings. The van der Waals surface area contributed by atoms with Crippen LogP contribution < -0.4 is 15.2 Å². The number of amides is 2. The molecule has 1 aromatic heterocycles. The first-order chi connectivity index (χ1) is 15.9. The van der Waals surface area contributed by atoms with Crippen molar-refractivity contribution in [2.45, 2.75) is 72.4 Å². The van der Waals surface area contributed by atoms with E-state index in [9.17, 15) is 14.4 Å². The molecule has 1 aromatic carbocycles. The van der Waals surface area contributed by atoms with Gasteiger partial charge in [0.05, 0.1) is 5.56 Å². The van der Waals surface area contributed by atoms with Crippen LogP contribution in [0.1, 0.15) is 57.5 Å². The van der Waals surface area contributed by atoms with Crippen LogP contribution in [0.15, 0.2) is 54.9 Å². The van der Waals surface area contributed by atoms with Crippen molar-refractivity contribution in [3.63, 3.8) is 0 Å². The van der Waals surface area contributed by atoms with Gasteiger partial charge >= 0.3 is 12.1 Å². The van der Waals surface area contributed by atoms with Crippen LogP contribution in [0.2, 0.25) is 0 Å². The number of esters is 1. The predicted octanol–water partition coefficient (Wildman–Crippen LogP) is 3.39. The summed E-state index contributed by atoms with van der Waals surface area (Å²) in [4.78, 5) is 37.2. The Kier molecular flexibility index (Phi) is 9.59. The number of ether oxygens (including phenoxy) is 2. The minimum atomic E-state index is -0.760. The van der Waals surface area contributed by atoms with Gasteiger partial charge in [0, 0.05) is 18.2 Å². The molecule has 2 N–H and O–H groups in total. The number of benzene rings is 1. The number of pyridine rings is 1. The van der Waals surface area contributed by atoms with Gasteiger partial charge in [-0.3, -0.25) is 4.79 Å². The van der Waals surface area contributed by atoms with Crippen molar-refractivity contribution in [1.82, 2.24) is 10.6 Å². The average molecular weight is 471 g/mol. The van der Waals surface area contributed by atoms with Gasteiger partial charge in [-0.15, -0.1) is 0 Å². The second kappa shape index (κ2) is 12.2. The Morgan fingerprint density at radius 2 is 1.56 bits per heavy atom. The van der Waals surface area contributed by atoms with Gasteiger partial charge in [0.15, 0.2) is 12.4 Å². The zero-order chi connectivity index (χ0) is 25.3. The van der Waals surface area contributed by atoms with Gasteiger partial charge in [0.1, 0.15) is 11.6 Å². The molecule has 0 aliphatic heterocycles. The highest BCUT2D eigenvalue weighted by atomic mass is 16.6. The molecular weight excluding hydrogens is 434 g/mol. The smallest absolute Gasteiger partial charge is 0.412 e. The van der Waals surface area contributed by atoms with E-state index in [0.29, 0.717) is 12.0 Å². The first kappa shape index (κ1) is 26.8. The number of aromatic nitrogens is 1. The molecule has 2 atom stereocenters. The molecule has 1 heterocycles. The van der Waals surface area contributed by atoms with Crippen molar-refractivity contribution in [2.24, 2.45) is 5.92 Å². The second-order valence-corrected chi connectivity index (χ2v) is 9.63. The number of hydrogen-bond donors (Lipinski definition) is 2. The number of hydrogen-bond acceptors (Lipinski definition) is 5. The van der Waals surface area contributed by atoms with Crippen molar-refractivity contribution >= 4 is 18.0 Å². The molecule has 8 nitrogen and oxygen atoms in total. The van der Waals surface area contributed by atoms with E-state index in [0.717, 1.165) is 5.56 Å². The summed E-state index contributed by atoms with van der Waals surface area (Å²) in [7, 11) is 0. The topological polar surface area (TPSA) is 97.6 Å². The number of nitrogens with one attached hydrogen (secondary N) is 2. The van der Waals surface area contributed by atoms with Crippen LogP contribution in [0.25, 0.3) is 0 Å². The Morgan fingerprint density at radius 3 is 2.12 bits per heavy atom. The molecule has 0 spiro atoms. The van der Waals surface area contributed by atoms with Gasteiger partial charge in [0.2, 0.25) is 0 Å². The molecule has 0 aliphatic rings. The highest BCUT2D eigenvalue weighted by molar-refractivity contribution is 5.96. The van der Waals surface area contributed by atoms with Gasteiger partial charge in [-0.2, -0.15) is 4.57 Å². The lowest BCUT2D eigenvalue weighted by molar-refractivity contribution is -0.727. The third-order valence-electron chi connectivity index (χ3n) is 4.86. The van der Waals surface area contributed by atoms with Crippen LogP contribution in [0.3, 0.4) is 0 Å². The minimum absolute atomic E-state index is 0.00167. The van der Waals surface area contributed by atoms with Crippen molar-refractivity contribution in [3.05, 3.63) is 66.0 Å². The second-order valence-electron chi connectivity index (χ2n) is 9.63. The predicted molar refractivity (Wildman–Crippen MR) is 128 cm³/mol. The van der Waals surface area contributed by atoms with Crippen molar-refractivity contribution in [1.29, 1.82) is 0 Å². The molecule has 0 saturated carbocycles. The van der Waals surface area contributed by atoms with E-state index in [-0.39, 0.29) is 24.6 Å². The summed E-state index contributed by atoms with van der Waals surface area (Å²) in [6.45, 7) is 11.0. The summed E-state index contributed by atoms with van der Waals surface area (Å²) >= 11 is 0. The first-order valence-corrected chi connectivity index (χ1v) is 11.4. The molecular formula is C26H36N3O5+. The number of carbonyl (C=O) groups excluding carboxylic acids is 3. The zero-order valence-corrected chi connectivity index (χ0v) is 20.8. The fraction of sp³-hybridized carbons (Fsp3) is 0.462. The summed E-state index contributed by atoms with van der Waals surface area (Å²) in [6.07, 6.45) is 3.45. The van der Waals surface area contributed by atoms with Crippen LogP contribution >= 0.6 is 0 Å². The van der Waals surface area contributed by atoms with E-state index in [2.05, 4.69) is 10.6 Å². The summed E-state index contributed by atoms with van der Waals surface area (Å²) < 4.78 is 12.3. The molecule has 0 aliphatic carbocycles. The van der Waals surface area contributed by atoms with Gasteiger partial charge in [0.25, 0.3) is 12.6 Å². The normalized spacial score (nSPS) is 13.0. The lowest BCUT2D eigenvalue weighted by Gasteiger charge is -2.26. The van der Waals surface area contributed by atoms with Crippen LogP contribution in [0.5, 0.6) is 0 Å². The molecule has 0 radical (unpaired) electrons. The SMILES string of the molecule is CC(C)[C@H](NC(=O)c1cc[n+](COC(=O)N[C@@H](C)Cc2ccccc2)cc1)C(=O)OC(C)(C)C. The first-order valence-electron chi connectivity index (χ1n) is 11.4. The Balaban J connectivity index is 1.85. The molecule has 2 amide bonds. The summed E-state index contributed by atoms with van der Waals surface area (Å²) in [5.41, 5.74) is 0.870. The van der Waals surface area contributed by atoms with Gasteiger partial charge in [-0.25, -0.2) is 9.59 Å². The molecule has 2 aromatic rings. The number of nitrogens with zero attached hydrogens (tertiary/aromatic N) is 1. The van der Waals surface area contributed by atoms with Crippen LogP contribution in [0.4, 0.5) is 4.79 Å². The van der Waals surface area contributed by atoms with Crippen molar-refractivity contribution in [2.75, 3.05) is 0 Å². The maximum Gasteiger partial charge on any atom is 0.412 e. The largest absolute Gasteiger partial charge is 0.458 e. The maximum absolute atomic E-state index is 12.7. The molecule has 2 rings (SSSR count). The Bertz CT molecular complexity index is 953. The molecule has 0 bridgehead atoms. The molecule has 184 valence electrons. The lowest BCUT2D eigenvalue weighted by Crippen LogP contribution is -2.47. The summed E-state index contributed by atoms with van der Waals surface area (Å²) in [6, 6.07) is 12.2. The Hall–Kier alpha value is -3.42. The van der Waals surface area contributed by atoms with Crippen LogP contribution in [0, 0.1) is 5.92 Å². The highest BCUT2D eigenvalue weighted by Gasteiger charge is 2.29. The third kappa shape index (κ3) is 9.21. The minimum Gasteiger partial charge on any atom is -0.458 e. The fourth-order valence-corrected chi connectivity index (χ4v) is 3.18.